The summed E-state index contributed by atoms with van der Waals surface area (Å²) in [7, 11) is 4.15. The Hall–Kier alpha value is -5.23. The predicted octanol–water partition coefficient (Wildman–Crippen LogP) is 6.76. The van der Waals surface area contributed by atoms with Crippen molar-refractivity contribution >= 4 is 40.1 Å². The molecule has 1 amide bonds. The Morgan fingerprint density at radius 2 is 1.78 bits per heavy atom. The smallest absolute Gasteiger partial charge is 0.231 e. The summed E-state index contributed by atoms with van der Waals surface area (Å²) in [6.07, 6.45) is 0.204. The van der Waals surface area contributed by atoms with Crippen molar-refractivity contribution in [3.63, 3.8) is 0 Å². The molecule has 268 valence electrons. The number of benzene rings is 3. The van der Waals surface area contributed by atoms with Gasteiger partial charge in [0.2, 0.25) is 17.3 Å². The average molecular weight is 718 g/mol. The standard InChI is InChI=1S/C38H40ClN3O9/c1-7-18(2)33(37-40-22-10-8-9-11-23(22)41-37)42-29(45)16-21(20-12-13-24(43)26(15-20)48-4)30-25(44)14-19(3)38(35(30)46)36(47)31-27(49-5)17-28(50-6)32(39)34(31)51-38/h8-13,15,17-19,21,33,43,46H,7,14,16H2,1-6H3,(H,40,41)(H,42,45). The van der Waals surface area contributed by atoms with E-state index in [0.717, 1.165) is 17.5 Å². The maximum Gasteiger partial charge on any atom is 0.231 e. The maximum atomic E-state index is 14.4. The highest BCUT2D eigenvalue weighted by Crippen LogP contribution is 2.56. The van der Waals surface area contributed by atoms with E-state index in [1.54, 1.807) is 6.92 Å². The van der Waals surface area contributed by atoms with Gasteiger partial charge in [0.15, 0.2) is 28.8 Å². The molecule has 51 heavy (non-hydrogen) atoms. The third-order valence-electron chi connectivity index (χ3n) is 10.1. The molecule has 2 aliphatic rings. The third kappa shape index (κ3) is 5.90. The van der Waals surface area contributed by atoms with E-state index in [1.165, 1.54) is 45.6 Å². The van der Waals surface area contributed by atoms with E-state index in [2.05, 4.69) is 10.3 Å². The fourth-order valence-corrected chi connectivity index (χ4v) is 7.35. The highest BCUT2D eigenvalue weighted by Gasteiger charge is 2.61. The lowest BCUT2D eigenvalue weighted by Gasteiger charge is -2.39. The summed E-state index contributed by atoms with van der Waals surface area (Å²) in [5.41, 5.74) is -0.284. The SMILES string of the molecule is CCC(C)C(NC(=O)CC(C1=C(O)C2(Oc3c(Cl)c(OC)cc(OC)c3C2=O)C(C)CC1=O)c1ccc(O)c(OC)c1)c1nc2ccccc2[nH]1. The molecule has 3 aromatic carbocycles. The minimum atomic E-state index is -2.06. The van der Waals surface area contributed by atoms with Crippen LogP contribution in [0.2, 0.25) is 5.02 Å². The second-order valence-electron chi connectivity index (χ2n) is 13.0. The monoisotopic (exact) mass is 717 g/mol. The zero-order chi connectivity index (χ0) is 36.8. The lowest BCUT2D eigenvalue weighted by molar-refractivity contribution is -0.122. The van der Waals surface area contributed by atoms with Crippen LogP contribution in [0.25, 0.3) is 11.0 Å². The number of phenols is 1. The third-order valence-corrected chi connectivity index (χ3v) is 10.4. The van der Waals surface area contributed by atoms with Crippen LogP contribution in [0.1, 0.15) is 73.7 Å². The molecule has 0 saturated heterocycles. The predicted molar refractivity (Wildman–Crippen MR) is 189 cm³/mol. The maximum absolute atomic E-state index is 14.4. The number of para-hydroxylation sites is 2. The van der Waals surface area contributed by atoms with Crippen LogP contribution in [0.15, 0.2) is 59.9 Å². The summed E-state index contributed by atoms with van der Waals surface area (Å²) in [6, 6.07) is 12.9. The molecule has 5 atom stereocenters. The Balaban J connectivity index is 1.46. The van der Waals surface area contributed by atoms with E-state index >= 15 is 0 Å². The van der Waals surface area contributed by atoms with E-state index in [1.807, 2.05) is 38.1 Å². The van der Waals surface area contributed by atoms with Gasteiger partial charge in [-0.25, -0.2) is 4.98 Å². The normalized spacial score (nSPS) is 20.2. The summed E-state index contributed by atoms with van der Waals surface area (Å²) in [6.45, 7) is 5.64. The van der Waals surface area contributed by atoms with Crippen molar-refractivity contribution in [3.05, 3.63) is 81.8 Å². The van der Waals surface area contributed by atoms with Crippen LogP contribution in [0, 0.1) is 11.8 Å². The van der Waals surface area contributed by atoms with Crippen molar-refractivity contribution in [1.29, 1.82) is 0 Å². The van der Waals surface area contributed by atoms with Crippen molar-refractivity contribution in [3.8, 4) is 28.7 Å². The number of methoxy groups -OCH3 is 3. The molecule has 2 heterocycles. The fourth-order valence-electron chi connectivity index (χ4n) is 7.09. The number of allylic oxidation sites excluding steroid dienone is 1. The van der Waals surface area contributed by atoms with Crippen LogP contribution in [0.5, 0.6) is 28.7 Å². The first kappa shape index (κ1) is 35.6. The molecule has 0 bridgehead atoms. The molecule has 13 heteroatoms. The second-order valence-corrected chi connectivity index (χ2v) is 13.4. The topological polar surface area (TPSA) is 169 Å². The first-order chi connectivity index (χ1) is 24.4. The number of imidazole rings is 1. The molecule has 1 spiro atoms. The number of nitrogens with zero attached hydrogens (tertiary/aromatic N) is 1. The lowest BCUT2D eigenvalue weighted by atomic mass is 9.69. The van der Waals surface area contributed by atoms with E-state index in [-0.39, 0.29) is 63.7 Å². The van der Waals surface area contributed by atoms with Crippen molar-refractivity contribution in [2.24, 2.45) is 11.8 Å². The van der Waals surface area contributed by atoms with Gasteiger partial charge in [-0.3, -0.25) is 14.4 Å². The van der Waals surface area contributed by atoms with Crippen LogP contribution in [0.4, 0.5) is 0 Å². The number of amides is 1. The summed E-state index contributed by atoms with van der Waals surface area (Å²) >= 11 is 6.63. The molecule has 0 radical (unpaired) electrons. The first-order valence-corrected chi connectivity index (χ1v) is 17.0. The lowest BCUT2D eigenvalue weighted by Crippen LogP contribution is -2.53. The highest BCUT2D eigenvalue weighted by molar-refractivity contribution is 6.35. The largest absolute Gasteiger partial charge is 0.507 e. The molecule has 0 fully saturated rings. The molecule has 5 unspecified atom stereocenters. The number of fused-ring (bicyclic) bond motifs is 2. The number of aliphatic hydroxyl groups is 1. The molecule has 1 aromatic heterocycles. The number of aromatic nitrogens is 2. The van der Waals surface area contributed by atoms with E-state index in [0.29, 0.717) is 11.4 Å². The van der Waals surface area contributed by atoms with Gasteiger partial charge in [0, 0.05) is 36.3 Å². The number of phenolic OH excluding ortho intramolecular Hbond substituents is 1. The van der Waals surface area contributed by atoms with Gasteiger partial charge >= 0.3 is 0 Å². The van der Waals surface area contributed by atoms with E-state index in [9.17, 15) is 24.6 Å². The number of aromatic amines is 1. The van der Waals surface area contributed by atoms with Crippen LogP contribution < -0.4 is 24.3 Å². The molecule has 1 aliphatic carbocycles. The zero-order valence-corrected chi connectivity index (χ0v) is 29.9. The van der Waals surface area contributed by atoms with Crippen LogP contribution in [-0.4, -0.2) is 64.6 Å². The van der Waals surface area contributed by atoms with Crippen LogP contribution in [-0.2, 0) is 9.59 Å². The highest BCUT2D eigenvalue weighted by atomic mass is 35.5. The van der Waals surface area contributed by atoms with Gasteiger partial charge in [0.05, 0.1) is 38.4 Å². The number of carbonyl (C=O) groups is 3. The quantitative estimate of drug-likeness (QED) is 0.130. The molecule has 4 N–H and O–H groups in total. The number of aromatic hydroxyl groups is 1. The number of nitrogens with one attached hydrogen (secondary N) is 2. The Morgan fingerprint density at radius 3 is 2.45 bits per heavy atom. The second kappa shape index (κ2) is 13.8. The van der Waals surface area contributed by atoms with Gasteiger partial charge in [-0.1, -0.05) is 57.0 Å². The Labute approximate surface area is 299 Å². The molecular formula is C38H40ClN3O9. The first-order valence-electron chi connectivity index (χ1n) is 16.7. The number of halogens is 1. The fraction of sp³-hybridized carbons (Fsp3) is 0.368. The average Bonchev–Trinajstić information content (AvgIpc) is 3.69. The molecule has 4 aromatic rings. The molecule has 1 aliphatic heterocycles. The number of hydrogen-bond donors (Lipinski definition) is 4. The number of rotatable bonds is 11. The number of ketones is 2. The van der Waals surface area contributed by atoms with Gasteiger partial charge in [-0.2, -0.15) is 0 Å². The molecule has 12 nitrogen and oxygen atoms in total. The number of hydrogen-bond acceptors (Lipinski definition) is 10. The summed E-state index contributed by atoms with van der Waals surface area (Å²) in [5.74, 6) is -3.42. The number of Topliss-reactive ketones (excluding diaryl/α,β-unsaturated/α-hetero) is 2. The van der Waals surface area contributed by atoms with Crippen LogP contribution in [0.3, 0.4) is 0 Å². The van der Waals surface area contributed by atoms with Gasteiger partial charge in [0.1, 0.15) is 27.9 Å². The van der Waals surface area contributed by atoms with Crippen molar-refractivity contribution < 1.29 is 43.5 Å². The number of carbonyl (C=O) groups excluding carboxylic acids is 3. The molecular weight excluding hydrogens is 678 g/mol. The molecule has 6 rings (SSSR count). The van der Waals surface area contributed by atoms with Gasteiger partial charge in [-0.05, 0) is 35.7 Å². The van der Waals surface area contributed by atoms with Gasteiger partial charge in [0.25, 0.3) is 0 Å². The Bertz CT molecular complexity index is 2040. The molecule has 0 saturated carbocycles. The van der Waals surface area contributed by atoms with Gasteiger partial charge in [-0.15, -0.1) is 0 Å². The summed E-state index contributed by atoms with van der Waals surface area (Å²) in [4.78, 5) is 50.7. The number of H-pyrrole nitrogens is 1. The minimum Gasteiger partial charge on any atom is -0.507 e. The van der Waals surface area contributed by atoms with Crippen molar-refractivity contribution in [2.75, 3.05) is 21.3 Å². The van der Waals surface area contributed by atoms with Crippen LogP contribution >= 0.6 is 11.6 Å². The summed E-state index contributed by atoms with van der Waals surface area (Å²) < 4.78 is 22.6. The number of ether oxygens (including phenoxy) is 4. The Kier molecular flexibility index (Phi) is 9.65. The van der Waals surface area contributed by atoms with E-state index < -0.39 is 46.7 Å². The zero-order valence-electron chi connectivity index (χ0n) is 29.1. The summed E-state index contributed by atoms with van der Waals surface area (Å²) in [5, 5.41) is 25.8. The minimum absolute atomic E-state index is 0.00164. The van der Waals surface area contributed by atoms with E-state index in [4.69, 9.17) is 35.5 Å². The Morgan fingerprint density at radius 1 is 1.08 bits per heavy atom. The van der Waals surface area contributed by atoms with Gasteiger partial charge < -0.3 is 39.5 Å². The van der Waals surface area contributed by atoms with Crippen molar-refractivity contribution in [1.82, 2.24) is 15.3 Å². The number of aliphatic hydroxyl groups excluding tert-OH is 1. The van der Waals surface area contributed by atoms with Crippen molar-refractivity contribution in [2.45, 2.75) is 57.6 Å².